The number of rotatable bonds is 4. The molecule has 1 aliphatic rings. The number of hydrogen-bond acceptors (Lipinski definition) is 4. The number of aromatic nitrogens is 2. The Balaban J connectivity index is 1.53. The molecular weight excluding hydrogens is 360 g/mol. The lowest BCUT2D eigenvalue weighted by Gasteiger charge is -2.25. The van der Waals surface area contributed by atoms with E-state index in [1.54, 1.807) is 0 Å². The molecule has 0 bridgehead atoms. The van der Waals surface area contributed by atoms with E-state index in [1.165, 1.54) is 16.8 Å². The number of nitrogens with one attached hydrogen (secondary N) is 1. The molecule has 0 aliphatic carbocycles. The number of nitrogens with zero attached hydrogens (tertiary/aromatic N) is 3. The smallest absolute Gasteiger partial charge is 0.258 e. The average molecular weight is 380 g/mol. The lowest BCUT2D eigenvalue weighted by Crippen LogP contribution is -2.45. The maximum Gasteiger partial charge on any atom is 0.258 e. The Morgan fingerprint density at radius 3 is 2.70 bits per heavy atom. The van der Waals surface area contributed by atoms with E-state index in [-0.39, 0.29) is 23.7 Å². The quantitative estimate of drug-likeness (QED) is 0.756. The number of thioether (sulfide) groups is 1. The van der Waals surface area contributed by atoms with Gasteiger partial charge in [-0.1, -0.05) is 42.0 Å². The van der Waals surface area contributed by atoms with Crippen LogP contribution in [0.4, 0.5) is 0 Å². The molecule has 0 spiro atoms. The first-order chi connectivity index (χ1) is 13.0. The van der Waals surface area contributed by atoms with Crippen LogP contribution in [0.2, 0.25) is 0 Å². The van der Waals surface area contributed by atoms with E-state index in [0.29, 0.717) is 5.75 Å². The van der Waals surface area contributed by atoms with Crippen LogP contribution in [0.1, 0.15) is 22.3 Å². The van der Waals surface area contributed by atoms with Crippen molar-refractivity contribution in [3.05, 3.63) is 65.5 Å². The summed E-state index contributed by atoms with van der Waals surface area (Å²) < 4.78 is 1.86. The highest BCUT2D eigenvalue weighted by atomic mass is 32.2. The van der Waals surface area contributed by atoms with Crippen LogP contribution in [0.3, 0.4) is 0 Å². The second kappa shape index (κ2) is 7.08. The van der Waals surface area contributed by atoms with Gasteiger partial charge in [-0.25, -0.2) is 9.99 Å². The zero-order chi connectivity index (χ0) is 19.0. The molecule has 7 heteroatoms. The fraction of sp³-hybridized carbons (Fsp3) is 0.250. The van der Waals surface area contributed by atoms with Gasteiger partial charge < -0.3 is 4.57 Å². The minimum absolute atomic E-state index is 0.0915. The van der Waals surface area contributed by atoms with E-state index in [9.17, 15) is 9.59 Å². The Morgan fingerprint density at radius 2 is 1.93 bits per heavy atom. The zero-order valence-electron chi connectivity index (χ0n) is 15.2. The summed E-state index contributed by atoms with van der Waals surface area (Å²) in [6, 6.07) is 15.7. The van der Waals surface area contributed by atoms with Crippen LogP contribution in [0.25, 0.3) is 11.0 Å². The van der Waals surface area contributed by atoms with Gasteiger partial charge >= 0.3 is 0 Å². The number of hydrazine groups is 1. The molecule has 1 atom stereocenters. The fourth-order valence-electron chi connectivity index (χ4n) is 3.23. The highest BCUT2D eigenvalue weighted by Gasteiger charge is 2.34. The predicted octanol–water partition coefficient (Wildman–Crippen LogP) is 2.96. The number of imidazole rings is 1. The van der Waals surface area contributed by atoms with Crippen LogP contribution in [-0.2, 0) is 16.1 Å². The number of carbonyl (C=O) groups excluding carboxylic acids is 2. The summed E-state index contributed by atoms with van der Waals surface area (Å²) in [6.45, 7) is 4.01. The predicted molar refractivity (Wildman–Crippen MR) is 106 cm³/mol. The second-order valence-corrected chi connectivity index (χ2v) is 7.68. The number of fused-ring (bicyclic) bond motifs is 1. The second-order valence-electron chi connectivity index (χ2n) is 6.61. The topological polar surface area (TPSA) is 67.2 Å². The van der Waals surface area contributed by atoms with Crippen molar-refractivity contribution < 1.29 is 9.59 Å². The number of carbonyl (C=O) groups is 2. The van der Waals surface area contributed by atoms with E-state index >= 15 is 0 Å². The molecule has 1 aliphatic heterocycles. The average Bonchev–Trinajstić information content (AvgIpc) is 3.16. The lowest BCUT2D eigenvalue weighted by atomic mass is 10.1. The normalized spacial score (nSPS) is 16.9. The van der Waals surface area contributed by atoms with Gasteiger partial charge in [0.25, 0.3) is 11.8 Å². The molecule has 2 heterocycles. The van der Waals surface area contributed by atoms with Gasteiger partial charge in [0, 0.05) is 0 Å². The van der Waals surface area contributed by atoms with Gasteiger partial charge in [-0.15, -0.1) is 11.8 Å². The van der Waals surface area contributed by atoms with Gasteiger partial charge in [0.15, 0.2) is 0 Å². The molecular formula is C20H20N4O2S. The monoisotopic (exact) mass is 380 g/mol. The van der Waals surface area contributed by atoms with Crippen LogP contribution < -0.4 is 5.43 Å². The standard InChI is InChI=1S/C20H20N4O2S/c1-13-7-9-15(10-8-13)20-24(19(26)12-27-20)22-18(25)11-23-14(2)21-16-5-3-4-6-17(16)23/h3-10,20H,11-12H2,1-2H3,(H,22,25). The van der Waals surface area contributed by atoms with Gasteiger partial charge in [0.05, 0.1) is 16.8 Å². The molecule has 2 amide bonds. The van der Waals surface area contributed by atoms with Crippen molar-refractivity contribution in [1.82, 2.24) is 20.0 Å². The van der Waals surface area contributed by atoms with Crippen molar-refractivity contribution in [2.75, 3.05) is 5.75 Å². The Labute approximate surface area is 161 Å². The van der Waals surface area contributed by atoms with E-state index in [1.807, 2.05) is 66.9 Å². The van der Waals surface area contributed by atoms with Crippen molar-refractivity contribution in [3.8, 4) is 0 Å². The third-order valence-corrected chi connectivity index (χ3v) is 5.84. The summed E-state index contributed by atoms with van der Waals surface area (Å²) in [4.78, 5) is 29.5. The SMILES string of the molecule is Cc1ccc(C2SCC(=O)N2NC(=O)Cn2c(C)nc3ccccc32)cc1. The summed E-state index contributed by atoms with van der Waals surface area (Å²) in [7, 11) is 0. The van der Waals surface area contributed by atoms with Crippen molar-refractivity contribution in [3.63, 3.8) is 0 Å². The molecule has 27 heavy (non-hydrogen) atoms. The summed E-state index contributed by atoms with van der Waals surface area (Å²) >= 11 is 1.52. The van der Waals surface area contributed by atoms with Gasteiger partial charge in [-0.2, -0.15) is 0 Å². The van der Waals surface area contributed by atoms with Crippen LogP contribution in [0.15, 0.2) is 48.5 Å². The highest BCUT2D eigenvalue weighted by molar-refractivity contribution is 8.00. The Kier molecular flexibility index (Phi) is 4.61. The fourth-order valence-corrected chi connectivity index (χ4v) is 4.34. The van der Waals surface area contributed by atoms with Crippen molar-refractivity contribution in [1.29, 1.82) is 0 Å². The van der Waals surface area contributed by atoms with E-state index in [4.69, 9.17) is 0 Å². The molecule has 3 aromatic rings. The van der Waals surface area contributed by atoms with Crippen LogP contribution >= 0.6 is 11.8 Å². The maximum absolute atomic E-state index is 12.7. The van der Waals surface area contributed by atoms with Gasteiger partial charge in [-0.05, 0) is 31.5 Å². The van der Waals surface area contributed by atoms with Crippen LogP contribution in [0, 0.1) is 13.8 Å². The minimum Gasteiger partial charge on any atom is -0.319 e. The number of benzene rings is 2. The number of aryl methyl sites for hydroxylation is 2. The summed E-state index contributed by atoms with van der Waals surface area (Å²) in [5, 5.41) is 1.24. The first-order valence-corrected chi connectivity index (χ1v) is 9.79. The van der Waals surface area contributed by atoms with Crippen molar-refractivity contribution in [2.45, 2.75) is 25.8 Å². The first kappa shape index (κ1) is 17.6. The zero-order valence-corrected chi connectivity index (χ0v) is 16.0. The Hall–Kier alpha value is -2.80. The van der Waals surface area contributed by atoms with Gasteiger partial charge in [0.2, 0.25) is 0 Å². The molecule has 1 fully saturated rings. The third-order valence-electron chi connectivity index (χ3n) is 4.62. The molecule has 1 unspecified atom stereocenters. The van der Waals surface area contributed by atoms with Gasteiger partial charge in [-0.3, -0.25) is 15.0 Å². The molecule has 1 saturated heterocycles. The third kappa shape index (κ3) is 3.42. The van der Waals surface area contributed by atoms with Crippen LogP contribution in [0.5, 0.6) is 0 Å². The molecule has 6 nitrogen and oxygen atoms in total. The summed E-state index contributed by atoms with van der Waals surface area (Å²) in [5.74, 6) is 0.787. The largest absolute Gasteiger partial charge is 0.319 e. The molecule has 1 N–H and O–H groups in total. The van der Waals surface area contributed by atoms with E-state index in [2.05, 4.69) is 10.4 Å². The number of amides is 2. The molecule has 0 radical (unpaired) electrons. The number of hydrogen-bond donors (Lipinski definition) is 1. The number of para-hydroxylation sites is 2. The van der Waals surface area contributed by atoms with Crippen molar-refractivity contribution >= 4 is 34.6 Å². The Bertz CT molecular complexity index is 1010. The highest BCUT2D eigenvalue weighted by Crippen LogP contribution is 2.37. The lowest BCUT2D eigenvalue weighted by molar-refractivity contribution is -0.139. The molecule has 138 valence electrons. The summed E-state index contributed by atoms with van der Waals surface area (Å²) in [5.41, 5.74) is 6.72. The van der Waals surface area contributed by atoms with Crippen molar-refractivity contribution in [2.24, 2.45) is 0 Å². The Morgan fingerprint density at radius 1 is 1.19 bits per heavy atom. The van der Waals surface area contributed by atoms with Crippen LogP contribution in [-0.4, -0.2) is 32.1 Å². The molecule has 0 saturated carbocycles. The molecule has 1 aromatic heterocycles. The van der Waals surface area contributed by atoms with E-state index < -0.39 is 0 Å². The maximum atomic E-state index is 12.7. The molecule has 2 aromatic carbocycles. The van der Waals surface area contributed by atoms with E-state index in [0.717, 1.165) is 28.0 Å². The van der Waals surface area contributed by atoms with Gasteiger partial charge in [0.1, 0.15) is 17.7 Å². The molecule has 4 rings (SSSR count). The first-order valence-electron chi connectivity index (χ1n) is 8.74. The minimum atomic E-state index is -0.241. The summed E-state index contributed by atoms with van der Waals surface area (Å²) in [6.07, 6.45) is 0.